The van der Waals surface area contributed by atoms with Crippen LogP contribution in [0.3, 0.4) is 0 Å². The first-order valence-corrected chi connectivity index (χ1v) is 11.5. The predicted molar refractivity (Wildman–Crippen MR) is 134 cm³/mol. The minimum absolute atomic E-state index is 0.227. The van der Waals surface area contributed by atoms with E-state index >= 15 is 0 Å². The summed E-state index contributed by atoms with van der Waals surface area (Å²) in [7, 11) is 0.477. The van der Waals surface area contributed by atoms with Crippen LogP contribution in [0.4, 0.5) is 0 Å². The van der Waals surface area contributed by atoms with Gasteiger partial charge >= 0.3 is 141 Å². The molecule has 2 aromatic carbocycles. The number of nitrogens with two attached hydrogens (primary N) is 1. The third kappa shape index (κ3) is 9.29. The molecule has 0 amide bonds. The Morgan fingerprint density at radius 2 is 1.74 bits per heavy atom. The minimum atomic E-state index is -1.16. The molecule has 3 N–H and O–H groups in total. The SMILES string of the molecule is C=NC.CC.CC.NCc1n[nH]c(=O)c2ccc(C/C=C/[S-](#[O+])c3ccccc3)cc12. The Labute approximate surface area is 187 Å². The normalized spacial score (nSPS) is 9.74. The van der Waals surface area contributed by atoms with Crippen molar-refractivity contribution in [3.8, 4) is 0 Å². The third-order valence-corrected chi connectivity index (χ3v) is 4.85. The molecule has 0 fully saturated rings. The molecule has 31 heavy (non-hydrogen) atoms. The Morgan fingerprint density at radius 1 is 1.13 bits per heavy atom. The van der Waals surface area contributed by atoms with Crippen molar-refractivity contribution in [1.29, 1.82) is 0 Å². The molecular formula is C24H34N4O2S. The quantitative estimate of drug-likeness (QED) is 0.345. The van der Waals surface area contributed by atoms with Crippen LogP contribution in [0.15, 0.2) is 74.7 Å². The summed E-state index contributed by atoms with van der Waals surface area (Å²) in [4.78, 5) is 15.8. The van der Waals surface area contributed by atoms with Gasteiger partial charge in [0.05, 0.1) is 0 Å². The zero-order chi connectivity index (χ0) is 23.6. The number of benzene rings is 2. The van der Waals surface area contributed by atoms with E-state index in [1.54, 1.807) is 18.5 Å². The van der Waals surface area contributed by atoms with Gasteiger partial charge in [-0.1, -0.05) is 27.7 Å². The second-order valence-corrected chi connectivity index (χ2v) is 6.92. The standard InChI is InChI=1S/C18H17N3O2S.C2H5N.2C2H6/c19-12-17-16-11-13(8-9-15(16)18(22)21-20-17)5-4-10-24(23)14-6-2-1-3-7-14;1-3-2;2*1-2/h1-4,6-11H,5,12,19H2,(H,21,22);1H2,2H3;2*1-2H3/b10-4+;;;. The maximum atomic E-state index is 12.1. The van der Waals surface area contributed by atoms with E-state index in [1.165, 1.54) is 0 Å². The van der Waals surface area contributed by atoms with Crippen LogP contribution in [0.1, 0.15) is 39.0 Å². The van der Waals surface area contributed by atoms with Crippen molar-refractivity contribution in [2.75, 3.05) is 7.05 Å². The van der Waals surface area contributed by atoms with E-state index in [0.717, 1.165) is 15.8 Å². The fourth-order valence-corrected chi connectivity index (χ4v) is 3.31. The molecule has 0 unspecified atom stereocenters. The molecule has 3 aromatic rings. The zero-order valence-corrected chi connectivity index (χ0v) is 19.9. The van der Waals surface area contributed by atoms with Gasteiger partial charge in [-0.05, 0) is 6.72 Å². The van der Waals surface area contributed by atoms with Crippen LogP contribution in [-0.2, 0) is 27.7 Å². The Bertz CT molecular complexity index is 1070. The van der Waals surface area contributed by atoms with Crippen molar-refractivity contribution in [2.45, 2.75) is 45.6 Å². The summed E-state index contributed by atoms with van der Waals surface area (Å²) in [5.41, 5.74) is 7.12. The van der Waals surface area contributed by atoms with Gasteiger partial charge in [0, 0.05) is 7.05 Å². The molecule has 0 saturated heterocycles. The van der Waals surface area contributed by atoms with Crippen molar-refractivity contribution >= 4 is 28.1 Å². The van der Waals surface area contributed by atoms with E-state index in [9.17, 15) is 8.84 Å². The Hall–Kier alpha value is -2.74. The topological polar surface area (TPSA) is 104 Å². The van der Waals surface area contributed by atoms with E-state index in [-0.39, 0.29) is 12.1 Å². The molecule has 0 radical (unpaired) electrons. The summed E-state index contributed by atoms with van der Waals surface area (Å²) in [5.74, 6) is 0. The molecule has 1 aromatic heterocycles. The Kier molecular flexibility index (Phi) is 15.5. The molecule has 0 bridgehead atoms. The molecule has 0 spiro atoms. The number of rotatable bonds is 3. The number of hydrogen-bond acceptors (Lipinski definition) is 5. The number of aromatic nitrogens is 2. The predicted octanol–water partition coefficient (Wildman–Crippen LogP) is 4.83. The number of H-pyrrole nitrogens is 1. The molecule has 0 aliphatic carbocycles. The van der Waals surface area contributed by atoms with Crippen molar-refractivity contribution < 1.29 is 4.04 Å². The zero-order valence-electron chi connectivity index (χ0n) is 19.1. The number of aromatic amines is 1. The van der Waals surface area contributed by atoms with Gasteiger partial charge in [-0.25, -0.2) is 0 Å². The van der Waals surface area contributed by atoms with Gasteiger partial charge in [-0.15, -0.1) is 0 Å². The van der Waals surface area contributed by atoms with Gasteiger partial charge in [0.25, 0.3) is 0 Å². The first kappa shape index (κ1) is 28.3. The number of fused-ring (bicyclic) bond motifs is 1. The fourth-order valence-electron chi connectivity index (χ4n) is 2.45. The number of allylic oxidation sites excluding steroid dienone is 1. The molecule has 3 rings (SSSR count). The van der Waals surface area contributed by atoms with Crippen LogP contribution in [0.5, 0.6) is 0 Å². The molecule has 0 aliphatic heterocycles. The van der Waals surface area contributed by atoms with Gasteiger partial charge in [0.2, 0.25) is 0 Å². The number of nitrogens with zero attached hydrogens (tertiary/aromatic N) is 2. The fraction of sp³-hybridized carbons (Fsp3) is 0.292. The summed E-state index contributed by atoms with van der Waals surface area (Å²) in [5, 5.41) is 9.45. The summed E-state index contributed by atoms with van der Waals surface area (Å²) in [6.07, 6.45) is 2.48. The Morgan fingerprint density at radius 3 is 2.32 bits per heavy atom. The second kappa shape index (κ2) is 17.0. The first-order chi connectivity index (χ1) is 15.1. The average Bonchev–Trinajstić information content (AvgIpc) is 2.83. The van der Waals surface area contributed by atoms with Crippen LogP contribution < -0.4 is 11.3 Å². The average molecular weight is 443 g/mol. The van der Waals surface area contributed by atoms with Crippen LogP contribution in [-0.4, -0.2) is 24.0 Å². The summed E-state index contributed by atoms with van der Waals surface area (Å²) >= 11 is 0. The molecule has 7 heteroatoms. The third-order valence-electron chi connectivity index (χ3n) is 3.67. The van der Waals surface area contributed by atoms with E-state index in [4.69, 9.17) is 5.73 Å². The van der Waals surface area contributed by atoms with Crippen LogP contribution >= 0.6 is 0 Å². The van der Waals surface area contributed by atoms with Crippen molar-refractivity contribution in [1.82, 2.24) is 10.2 Å². The van der Waals surface area contributed by atoms with E-state index < -0.39 is 10.6 Å². The van der Waals surface area contributed by atoms with Gasteiger partial charge in [-0.2, -0.15) is 0 Å². The number of hydrogen-bond donors (Lipinski definition) is 2. The number of nitrogens with one attached hydrogen (secondary N) is 1. The van der Waals surface area contributed by atoms with Gasteiger partial charge in [-0.3, -0.25) is 0 Å². The maximum absolute atomic E-state index is 12.1. The first-order valence-electron chi connectivity index (χ1n) is 10.3. The second-order valence-electron chi connectivity index (χ2n) is 5.59. The van der Waals surface area contributed by atoms with E-state index in [0.29, 0.717) is 17.5 Å². The molecule has 0 saturated carbocycles. The molecule has 1 heterocycles. The van der Waals surface area contributed by atoms with Crippen molar-refractivity contribution in [3.05, 3.63) is 81.6 Å². The molecule has 0 atom stereocenters. The van der Waals surface area contributed by atoms with E-state index in [1.807, 2.05) is 76.2 Å². The van der Waals surface area contributed by atoms with Gasteiger partial charge in [0.15, 0.2) is 0 Å². The van der Waals surface area contributed by atoms with E-state index in [2.05, 4.69) is 21.9 Å². The molecule has 6 nitrogen and oxygen atoms in total. The summed E-state index contributed by atoms with van der Waals surface area (Å²) in [6, 6.07) is 14.9. The molecule has 0 aliphatic rings. The molecular weight excluding hydrogens is 408 g/mol. The number of aliphatic imine (C=N–C) groups is 1. The molecule has 168 valence electrons. The van der Waals surface area contributed by atoms with Crippen LogP contribution in [0, 0.1) is 0 Å². The van der Waals surface area contributed by atoms with Crippen LogP contribution in [0.2, 0.25) is 0 Å². The van der Waals surface area contributed by atoms with Crippen molar-refractivity contribution in [3.63, 3.8) is 0 Å². The van der Waals surface area contributed by atoms with Gasteiger partial charge < -0.3 is 4.99 Å². The summed E-state index contributed by atoms with van der Waals surface area (Å²) in [6.45, 7) is 11.4. The Balaban J connectivity index is 0.00000116. The van der Waals surface area contributed by atoms with Crippen LogP contribution in [0.25, 0.3) is 10.8 Å². The van der Waals surface area contributed by atoms with Crippen molar-refractivity contribution in [2.24, 2.45) is 10.7 Å². The summed E-state index contributed by atoms with van der Waals surface area (Å²) < 4.78 is 12.1. The van der Waals surface area contributed by atoms with Gasteiger partial charge in [0.1, 0.15) is 0 Å². The monoisotopic (exact) mass is 442 g/mol.